The summed E-state index contributed by atoms with van der Waals surface area (Å²) >= 11 is 0. The van der Waals surface area contributed by atoms with Crippen molar-refractivity contribution in [2.45, 2.75) is 0 Å². The average molecular weight is 188 g/mol. The minimum Gasteiger partial charge on any atom is -0.449 e. The molecular formula is C6H4O7. The highest BCUT2D eigenvalue weighted by atomic mass is 16.7. The van der Waals surface area contributed by atoms with Gasteiger partial charge < -0.3 is 24.1 Å². The minimum absolute atomic E-state index is 0.358. The fraction of sp³-hybridized carbons (Fsp3) is 0. The zero-order chi connectivity index (χ0) is 9.84. The Labute approximate surface area is 71.1 Å². The van der Waals surface area contributed by atoms with E-state index in [9.17, 15) is 9.59 Å². The highest BCUT2D eigenvalue weighted by Crippen LogP contribution is 2.22. The fourth-order valence-electron chi connectivity index (χ4n) is 0.585. The largest absolute Gasteiger partial charge is 0.513 e. The SMILES string of the molecule is O=C(O)Oc1ccc(OC(=O)O)o1. The monoisotopic (exact) mass is 188 g/mol. The molecule has 1 aromatic rings. The van der Waals surface area contributed by atoms with E-state index in [0.29, 0.717) is 0 Å². The van der Waals surface area contributed by atoms with E-state index >= 15 is 0 Å². The number of hydrogen-bond donors (Lipinski definition) is 2. The van der Waals surface area contributed by atoms with Crippen LogP contribution in [0, 0.1) is 0 Å². The molecule has 1 aromatic heterocycles. The highest BCUT2D eigenvalue weighted by molar-refractivity contribution is 5.61. The Morgan fingerprint density at radius 2 is 1.46 bits per heavy atom. The third kappa shape index (κ3) is 2.73. The van der Waals surface area contributed by atoms with Gasteiger partial charge in [0.15, 0.2) is 0 Å². The summed E-state index contributed by atoms with van der Waals surface area (Å²) in [5.74, 6) is -0.715. The molecule has 7 heteroatoms. The topological polar surface area (TPSA) is 106 Å². The van der Waals surface area contributed by atoms with E-state index in [1.54, 1.807) is 0 Å². The molecule has 0 unspecified atom stereocenters. The van der Waals surface area contributed by atoms with Crippen LogP contribution in [0.5, 0.6) is 11.9 Å². The summed E-state index contributed by atoms with van der Waals surface area (Å²) in [5, 5.41) is 16.2. The molecule has 0 bridgehead atoms. The molecule has 0 aliphatic rings. The van der Waals surface area contributed by atoms with Gasteiger partial charge >= 0.3 is 12.3 Å². The van der Waals surface area contributed by atoms with Crippen molar-refractivity contribution in [3.63, 3.8) is 0 Å². The van der Waals surface area contributed by atoms with Crippen LogP contribution in [-0.2, 0) is 0 Å². The molecule has 7 nitrogen and oxygen atoms in total. The van der Waals surface area contributed by atoms with Gasteiger partial charge in [0.1, 0.15) is 0 Å². The second-order valence-electron chi connectivity index (χ2n) is 1.81. The number of furan rings is 1. The lowest BCUT2D eigenvalue weighted by Crippen LogP contribution is -2.02. The summed E-state index contributed by atoms with van der Waals surface area (Å²) in [6.07, 6.45) is -3.12. The van der Waals surface area contributed by atoms with Gasteiger partial charge in [-0.2, -0.15) is 0 Å². The lowest BCUT2D eigenvalue weighted by atomic mass is 10.6. The van der Waals surface area contributed by atoms with Crippen molar-refractivity contribution < 1.29 is 33.7 Å². The molecule has 1 heterocycles. The molecule has 0 spiro atoms. The second-order valence-corrected chi connectivity index (χ2v) is 1.81. The fourth-order valence-corrected chi connectivity index (χ4v) is 0.585. The predicted octanol–water partition coefficient (Wildman–Crippen LogP) is 1.39. The third-order valence-electron chi connectivity index (χ3n) is 0.932. The first kappa shape index (κ1) is 8.91. The van der Waals surface area contributed by atoms with E-state index in [1.165, 1.54) is 0 Å². The van der Waals surface area contributed by atoms with Crippen molar-refractivity contribution in [3.05, 3.63) is 12.1 Å². The van der Waals surface area contributed by atoms with E-state index in [0.717, 1.165) is 12.1 Å². The third-order valence-corrected chi connectivity index (χ3v) is 0.932. The summed E-state index contributed by atoms with van der Waals surface area (Å²) in [5.41, 5.74) is 0. The van der Waals surface area contributed by atoms with Crippen molar-refractivity contribution in [2.75, 3.05) is 0 Å². The first-order chi connectivity index (χ1) is 6.08. The highest BCUT2D eigenvalue weighted by Gasteiger charge is 2.09. The zero-order valence-electron chi connectivity index (χ0n) is 6.09. The van der Waals surface area contributed by atoms with Crippen LogP contribution >= 0.6 is 0 Å². The molecule has 13 heavy (non-hydrogen) atoms. The molecule has 1 rings (SSSR count). The molecule has 0 aromatic carbocycles. The molecule has 0 aliphatic heterocycles. The van der Waals surface area contributed by atoms with Gasteiger partial charge in [-0.1, -0.05) is 0 Å². The maximum absolute atomic E-state index is 9.96. The van der Waals surface area contributed by atoms with Crippen molar-refractivity contribution in [1.82, 2.24) is 0 Å². The number of hydrogen-bond acceptors (Lipinski definition) is 5. The molecule has 0 atom stereocenters. The van der Waals surface area contributed by atoms with Gasteiger partial charge in [0, 0.05) is 12.1 Å². The molecule has 0 radical (unpaired) electrons. The summed E-state index contributed by atoms with van der Waals surface area (Å²) in [6.45, 7) is 0. The molecular weight excluding hydrogens is 184 g/mol. The number of carboxylic acid groups (broad SMARTS) is 2. The summed E-state index contributed by atoms with van der Waals surface area (Å²) < 4.78 is 12.6. The smallest absolute Gasteiger partial charge is 0.449 e. The summed E-state index contributed by atoms with van der Waals surface area (Å²) in [4.78, 5) is 19.9. The van der Waals surface area contributed by atoms with Gasteiger partial charge in [-0.15, -0.1) is 0 Å². The molecule has 0 saturated heterocycles. The van der Waals surface area contributed by atoms with Crippen molar-refractivity contribution in [2.24, 2.45) is 0 Å². The van der Waals surface area contributed by atoms with Crippen molar-refractivity contribution in [3.8, 4) is 11.9 Å². The quantitative estimate of drug-likeness (QED) is 0.675. The Bertz CT molecular complexity index is 295. The van der Waals surface area contributed by atoms with Gasteiger partial charge in [0.25, 0.3) is 11.9 Å². The molecule has 0 aliphatic carbocycles. The van der Waals surface area contributed by atoms with Crippen LogP contribution < -0.4 is 9.47 Å². The van der Waals surface area contributed by atoms with Gasteiger partial charge in [-0.25, -0.2) is 9.59 Å². The van der Waals surface area contributed by atoms with Gasteiger partial charge in [0.2, 0.25) is 0 Å². The van der Waals surface area contributed by atoms with Crippen molar-refractivity contribution >= 4 is 12.3 Å². The van der Waals surface area contributed by atoms with E-state index < -0.39 is 12.3 Å². The van der Waals surface area contributed by atoms with Crippen LogP contribution in [0.25, 0.3) is 0 Å². The van der Waals surface area contributed by atoms with Crippen molar-refractivity contribution in [1.29, 1.82) is 0 Å². The standard InChI is InChI=1S/C6H4O7/c7-5(8)12-3-1-2-4(11-3)13-6(9)10/h1-2H,(H,7,8)(H,9,10). The first-order valence-corrected chi connectivity index (χ1v) is 2.99. The molecule has 70 valence electrons. The number of rotatable bonds is 2. The van der Waals surface area contributed by atoms with Crippen LogP contribution in [0.15, 0.2) is 16.5 Å². The van der Waals surface area contributed by atoms with E-state index in [4.69, 9.17) is 10.2 Å². The van der Waals surface area contributed by atoms with Crippen LogP contribution in [0.3, 0.4) is 0 Å². The zero-order valence-corrected chi connectivity index (χ0v) is 6.09. The van der Waals surface area contributed by atoms with Gasteiger partial charge in [0.05, 0.1) is 0 Å². The number of ether oxygens (including phenoxy) is 2. The van der Waals surface area contributed by atoms with E-state index in [1.807, 2.05) is 0 Å². The first-order valence-electron chi connectivity index (χ1n) is 2.99. The molecule has 0 amide bonds. The van der Waals surface area contributed by atoms with Crippen LogP contribution in [0.1, 0.15) is 0 Å². The normalized spacial score (nSPS) is 9.23. The summed E-state index contributed by atoms with van der Waals surface area (Å²) in [6, 6.07) is 2.23. The van der Waals surface area contributed by atoms with Gasteiger partial charge in [-0.3, -0.25) is 0 Å². The molecule has 2 N–H and O–H groups in total. The molecule has 0 saturated carbocycles. The predicted molar refractivity (Wildman–Crippen MR) is 36.0 cm³/mol. The van der Waals surface area contributed by atoms with Crippen LogP contribution in [-0.4, -0.2) is 22.5 Å². The van der Waals surface area contributed by atoms with E-state index in [2.05, 4.69) is 13.9 Å². The summed E-state index contributed by atoms with van der Waals surface area (Å²) in [7, 11) is 0. The second kappa shape index (κ2) is 3.48. The Hall–Kier alpha value is -2.18. The van der Waals surface area contributed by atoms with E-state index in [-0.39, 0.29) is 11.9 Å². The lowest BCUT2D eigenvalue weighted by Gasteiger charge is -1.93. The maximum Gasteiger partial charge on any atom is 0.513 e. The average Bonchev–Trinajstić information content (AvgIpc) is 2.33. The van der Waals surface area contributed by atoms with Crippen LogP contribution in [0.2, 0.25) is 0 Å². The number of carbonyl (C=O) groups is 2. The van der Waals surface area contributed by atoms with Gasteiger partial charge in [-0.05, 0) is 0 Å². The molecule has 0 fully saturated rings. The van der Waals surface area contributed by atoms with Crippen LogP contribution in [0.4, 0.5) is 9.59 Å². The Balaban J connectivity index is 2.63. The lowest BCUT2D eigenvalue weighted by molar-refractivity contribution is 0.120. The Morgan fingerprint density at radius 1 is 1.08 bits per heavy atom. The minimum atomic E-state index is -1.56. The Morgan fingerprint density at radius 3 is 1.77 bits per heavy atom. The maximum atomic E-state index is 9.96. The Kier molecular flexibility index (Phi) is 2.38.